The third kappa shape index (κ3) is 6.49. The van der Waals surface area contributed by atoms with Crippen molar-refractivity contribution in [3.63, 3.8) is 0 Å². The lowest BCUT2D eigenvalue weighted by Gasteiger charge is -2.29. The van der Waals surface area contributed by atoms with Crippen molar-refractivity contribution in [2.24, 2.45) is 0 Å². The van der Waals surface area contributed by atoms with Gasteiger partial charge in [0.1, 0.15) is 23.0 Å². The molecule has 0 saturated heterocycles. The first-order chi connectivity index (χ1) is 22.1. The number of ether oxygens (including phenoxy) is 4. The molecule has 5 heteroatoms. The van der Waals surface area contributed by atoms with Crippen LogP contribution in [0, 0.1) is 0 Å². The Morgan fingerprint density at radius 2 is 0.756 bits per heavy atom. The highest BCUT2D eigenvalue weighted by atomic mass is 16.5. The van der Waals surface area contributed by atoms with Gasteiger partial charge in [-0.1, -0.05) is 76.2 Å². The summed E-state index contributed by atoms with van der Waals surface area (Å²) >= 11 is 0. The Balaban J connectivity index is 1.59. The highest BCUT2D eigenvalue weighted by Crippen LogP contribution is 2.46. The summed E-state index contributed by atoms with van der Waals surface area (Å²) in [5.41, 5.74) is 11.7. The number of nitrogens with one attached hydrogen (secondary N) is 1. The van der Waals surface area contributed by atoms with Crippen LogP contribution in [0.2, 0.25) is 0 Å². The van der Waals surface area contributed by atoms with E-state index in [1.807, 2.05) is 0 Å². The number of rotatable bonds is 12. The molecule has 0 unspecified atom stereocenters. The molecule has 1 aliphatic heterocycles. The maximum absolute atomic E-state index is 6.61. The molecule has 0 aromatic heterocycles. The third-order valence-corrected chi connectivity index (χ3v) is 8.61. The first kappa shape index (κ1) is 30.9. The molecule has 0 fully saturated rings. The van der Waals surface area contributed by atoms with Gasteiger partial charge in [-0.25, -0.2) is 0 Å². The van der Waals surface area contributed by atoms with Gasteiger partial charge in [-0.2, -0.15) is 0 Å². The van der Waals surface area contributed by atoms with Crippen LogP contribution in [0.1, 0.15) is 97.9 Å². The van der Waals surface area contributed by atoms with Crippen LogP contribution in [0.25, 0.3) is 0 Å². The van der Waals surface area contributed by atoms with Crippen LogP contribution in [-0.4, -0.2) is 26.4 Å². The Labute approximate surface area is 268 Å². The van der Waals surface area contributed by atoms with E-state index in [9.17, 15) is 0 Å². The molecule has 0 saturated carbocycles. The Kier molecular flexibility index (Phi) is 9.83. The second-order valence-corrected chi connectivity index (χ2v) is 12.2. The van der Waals surface area contributed by atoms with Gasteiger partial charge in [0.2, 0.25) is 0 Å². The minimum atomic E-state index is 0.671. The summed E-state index contributed by atoms with van der Waals surface area (Å²) in [5.74, 6) is 3.94. The van der Waals surface area contributed by atoms with Gasteiger partial charge in [-0.15, -0.1) is 0 Å². The summed E-state index contributed by atoms with van der Waals surface area (Å²) in [6, 6.07) is 22.1. The van der Waals surface area contributed by atoms with Crippen molar-refractivity contribution in [1.82, 2.24) is 0 Å². The van der Waals surface area contributed by atoms with Gasteiger partial charge in [-0.05, 0) is 71.2 Å². The monoisotopic (exact) mass is 605 g/mol. The molecule has 6 rings (SSSR count). The van der Waals surface area contributed by atoms with Gasteiger partial charge in [0.05, 0.1) is 26.4 Å². The van der Waals surface area contributed by atoms with Gasteiger partial charge >= 0.3 is 0 Å². The highest BCUT2D eigenvalue weighted by molar-refractivity contribution is 5.78. The van der Waals surface area contributed by atoms with Gasteiger partial charge < -0.3 is 24.3 Å². The average Bonchev–Trinajstić information content (AvgIpc) is 3.05. The van der Waals surface area contributed by atoms with Gasteiger partial charge in [0.15, 0.2) is 0 Å². The largest absolute Gasteiger partial charge is 0.493 e. The van der Waals surface area contributed by atoms with Crippen LogP contribution >= 0.6 is 0 Å². The Morgan fingerprint density at radius 1 is 0.422 bits per heavy atom. The SMILES string of the molecule is CCCOc1c2cccc1Cc1ccc3c(c1OCCC)Cc1c(ccc(c1OCCC)Cc1cccc(c1OCCC)C2)N3. The molecule has 45 heavy (non-hydrogen) atoms. The molecule has 8 bridgehead atoms. The average molecular weight is 606 g/mol. The second-order valence-electron chi connectivity index (χ2n) is 12.2. The van der Waals surface area contributed by atoms with E-state index in [0.717, 1.165) is 85.7 Å². The lowest BCUT2D eigenvalue weighted by molar-refractivity contribution is 0.304. The molecule has 236 valence electrons. The number of hydrogen-bond donors (Lipinski definition) is 1. The molecule has 0 amide bonds. The van der Waals surface area contributed by atoms with Gasteiger partial charge in [0, 0.05) is 48.2 Å². The number of benzene rings is 4. The lowest BCUT2D eigenvalue weighted by atomic mass is 9.88. The topological polar surface area (TPSA) is 49.0 Å². The maximum atomic E-state index is 6.61. The summed E-state index contributed by atoms with van der Waals surface area (Å²) in [6.45, 7) is 11.3. The predicted molar refractivity (Wildman–Crippen MR) is 183 cm³/mol. The molecule has 5 nitrogen and oxygen atoms in total. The predicted octanol–water partition coefficient (Wildman–Crippen LogP) is 9.58. The fourth-order valence-electron chi connectivity index (χ4n) is 6.53. The molecule has 4 aromatic rings. The van der Waals surface area contributed by atoms with Crippen molar-refractivity contribution >= 4 is 11.4 Å². The first-order valence-electron chi connectivity index (χ1n) is 16.9. The van der Waals surface area contributed by atoms with Gasteiger partial charge in [0.25, 0.3) is 0 Å². The van der Waals surface area contributed by atoms with Crippen LogP contribution < -0.4 is 24.3 Å². The Hall–Kier alpha value is -4.12. The van der Waals surface area contributed by atoms with Crippen molar-refractivity contribution in [3.8, 4) is 23.0 Å². The van der Waals surface area contributed by atoms with Crippen LogP contribution in [0.15, 0.2) is 60.7 Å². The van der Waals surface area contributed by atoms with Crippen LogP contribution in [0.3, 0.4) is 0 Å². The van der Waals surface area contributed by atoms with E-state index in [0.29, 0.717) is 26.4 Å². The summed E-state index contributed by atoms with van der Waals surface area (Å²) in [4.78, 5) is 0. The van der Waals surface area contributed by atoms with Crippen LogP contribution in [0.5, 0.6) is 23.0 Å². The van der Waals surface area contributed by atoms with E-state index >= 15 is 0 Å². The minimum Gasteiger partial charge on any atom is -0.493 e. The standard InChI is InChI=1S/C40H47NO4/c1-5-19-42-37-27-11-9-13-29(37)24-31-15-17-35-33(39(31)44-21-7-3)26-34-36(41-35)18-16-32(40(34)45-22-8-4)25-30-14-10-12-28(23-27)38(30)43-20-6-2/h9-18,41H,5-8,19-26H2,1-4H3. The van der Waals surface area contributed by atoms with E-state index in [1.54, 1.807) is 0 Å². The number of fused-ring (bicyclic) bond motifs is 6. The van der Waals surface area contributed by atoms with E-state index in [4.69, 9.17) is 18.9 Å². The van der Waals surface area contributed by atoms with Crippen LogP contribution in [-0.2, 0) is 25.7 Å². The van der Waals surface area contributed by atoms with Crippen molar-refractivity contribution < 1.29 is 18.9 Å². The number of hydrogen-bond acceptors (Lipinski definition) is 5. The molecule has 1 N–H and O–H groups in total. The number of para-hydroxylation sites is 2. The summed E-state index contributed by atoms with van der Waals surface area (Å²) in [7, 11) is 0. The molecular formula is C40H47NO4. The van der Waals surface area contributed by atoms with Crippen LogP contribution in [0.4, 0.5) is 11.4 Å². The fraction of sp³-hybridized carbons (Fsp3) is 0.400. The van der Waals surface area contributed by atoms with Crippen molar-refractivity contribution in [3.05, 3.63) is 105 Å². The first-order valence-corrected chi connectivity index (χ1v) is 16.9. The minimum absolute atomic E-state index is 0.671. The quantitative estimate of drug-likeness (QED) is 0.151. The van der Waals surface area contributed by atoms with E-state index in [1.165, 1.54) is 44.5 Å². The molecule has 0 spiro atoms. The zero-order valence-corrected chi connectivity index (χ0v) is 27.4. The Bertz CT molecular complexity index is 1520. The molecule has 0 radical (unpaired) electrons. The molecule has 0 atom stereocenters. The molecule has 1 aliphatic carbocycles. The van der Waals surface area contributed by atoms with E-state index < -0.39 is 0 Å². The maximum Gasteiger partial charge on any atom is 0.128 e. The molecular weight excluding hydrogens is 558 g/mol. The fourth-order valence-corrected chi connectivity index (χ4v) is 6.53. The summed E-state index contributed by atoms with van der Waals surface area (Å²) < 4.78 is 26.3. The zero-order chi connectivity index (χ0) is 31.2. The van der Waals surface area contributed by atoms with E-state index in [2.05, 4.69) is 93.7 Å². The van der Waals surface area contributed by atoms with E-state index in [-0.39, 0.29) is 0 Å². The normalized spacial score (nSPS) is 13.0. The number of anilines is 2. The molecule has 2 aliphatic rings. The Morgan fingerprint density at radius 3 is 1.11 bits per heavy atom. The molecule has 4 aromatic carbocycles. The lowest BCUT2D eigenvalue weighted by Crippen LogP contribution is -2.15. The second kappa shape index (κ2) is 14.3. The summed E-state index contributed by atoms with van der Waals surface area (Å²) in [6.07, 6.45) is 6.73. The van der Waals surface area contributed by atoms with Gasteiger partial charge in [-0.3, -0.25) is 0 Å². The molecule has 1 heterocycles. The van der Waals surface area contributed by atoms with Crippen molar-refractivity contribution in [2.45, 2.75) is 79.1 Å². The zero-order valence-electron chi connectivity index (χ0n) is 27.4. The van der Waals surface area contributed by atoms with Crippen molar-refractivity contribution in [1.29, 1.82) is 0 Å². The van der Waals surface area contributed by atoms with Crippen molar-refractivity contribution in [2.75, 3.05) is 31.7 Å². The highest BCUT2D eigenvalue weighted by Gasteiger charge is 2.27. The third-order valence-electron chi connectivity index (χ3n) is 8.61. The smallest absolute Gasteiger partial charge is 0.128 e. The summed E-state index contributed by atoms with van der Waals surface area (Å²) in [5, 5.41) is 3.74.